The predicted molar refractivity (Wildman–Crippen MR) is 76.8 cm³/mol. The molecule has 3 rings (SSSR count). The fourth-order valence-electron chi connectivity index (χ4n) is 2.85. The monoisotopic (exact) mass is 272 g/mol. The fourth-order valence-corrected chi connectivity index (χ4v) is 2.85. The van der Waals surface area contributed by atoms with Gasteiger partial charge in [-0.3, -0.25) is 0 Å². The van der Waals surface area contributed by atoms with Gasteiger partial charge in [0.05, 0.1) is 19.3 Å². The van der Waals surface area contributed by atoms with Crippen LogP contribution in [-0.2, 0) is 13.0 Å². The summed E-state index contributed by atoms with van der Waals surface area (Å²) in [5.41, 5.74) is 3.70. The Bertz CT molecular complexity index is 592. The van der Waals surface area contributed by atoms with Gasteiger partial charge in [0.1, 0.15) is 5.75 Å². The summed E-state index contributed by atoms with van der Waals surface area (Å²) in [6.07, 6.45) is 3.49. The molecule has 1 aliphatic carbocycles. The van der Waals surface area contributed by atoms with E-state index in [-0.39, 0.29) is 0 Å². The molecule has 0 bridgehead atoms. The van der Waals surface area contributed by atoms with Crippen molar-refractivity contribution >= 4 is 0 Å². The van der Waals surface area contributed by atoms with Crippen molar-refractivity contribution in [2.45, 2.75) is 38.8 Å². The number of nitrogens with one attached hydrogen (secondary N) is 1. The third kappa shape index (κ3) is 2.70. The lowest BCUT2D eigenvalue weighted by atomic mass is 9.87. The lowest BCUT2D eigenvalue weighted by Gasteiger charge is -2.26. The van der Waals surface area contributed by atoms with Crippen LogP contribution in [0.2, 0.25) is 0 Å². The van der Waals surface area contributed by atoms with Gasteiger partial charge < -0.3 is 14.6 Å². The van der Waals surface area contributed by atoms with E-state index in [9.17, 15) is 0 Å². The van der Waals surface area contributed by atoms with Crippen LogP contribution in [0.5, 0.6) is 5.75 Å². The zero-order valence-electron chi connectivity index (χ0n) is 12.0. The zero-order chi connectivity index (χ0) is 13.9. The average molecular weight is 272 g/mol. The standard InChI is InChI=1S/C16H20N2O2/c1-11-8-14(20-18-11)10-17-16-5-3-4-12-9-13(19-2)6-7-15(12)16/h6-9,16-17H,3-5,10H2,1-2H3. The first-order valence-corrected chi connectivity index (χ1v) is 7.08. The predicted octanol–water partition coefficient (Wildman–Crippen LogP) is 3.16. The van der Waals surface area contributed by atoms with E-state index in [1.54, 1.807) is 7.11 Å². The van der Waals surface area contributed by atoms with Crippen LogP contribution < -0.4 is 10.1 Å². The molecule has 0 radical (unpaired) electrons. The highest BCUT2D eigenvalue weighted by Gasteiger charge is 2.20. The Kier molecular flexibility index (Phi) is 3.74. The van der Waals surface area contributed by atoms with Crippen LogP contribution in [-0.4, -0.2) is 12.3 Å². The molecule has 0 spiro atoms. The molecule has 0 saturated heterocycles. The second kappa shape index (κ2) is 5.67. The van der Waals surface area contributed by atoms with E-state index >= 15 is 0 Å². The number of rotatable bonds is 4. The number of methoxy groups -OCH3 is 1. The second-order valence-electron chi connectivity index (χ2n) is 5.33. The first kappa shape index (κ1) is 13.2. The highest BCUT2D eigenvalue weighted by molar-refractivity contribution is 5.39. The van der Waals surface area contributed by atoms with E-state index in [1.165, 1.54) is 17.5 Å². The van der Waals surface area contributed by atoms with Crippen molar-refractivity contribution in [3.8, 4) is 5.75 Å². The molecule has 1 heterocycles. The van der Waals surface area contributed by atoms with E-state index < -0.39 is 0 Å². The molecule has 106 valence electrons. The molecule has 0 saturated carbocycles. The zero-order valence-corrected chi connectivity index (χ0v) is 12.0. The molecule has 0 fully saturated rings. The van der Waals surface area contributed by atoms with E-state index in [2.05, 4.69) is 22.6 Å². The number of aromatic nitrogens is 1. The maximum absolute atomic E-state index is 5.30. The van der Waals surface area contributed by atoms with Crippen molar-refractivity contribution in [1.82, 2.24) is 10.5 Å². The van der Waals surface area contributed by atoms with Crippen molar-refractivity contribution in [3.05, 3.63) is 46.8 Å². The van der Waals surface area contributed by atoms with Gasteiger partial charge in [-0.1, -0.05) is 11.2 Å². The van der Waals surface area contributed by atoms with Crippen LogP contribution in [0.15, 0.2) is 28.8 Å². The number of hydrogen-bond donors (Lipinski definition) is 1. The maximum Gasteiger partial charge on any atom is 0.150 e. The number of hydrogen-bond acceptors (Lipinski definition) is 4. The summed E-state index contributed by atoms with van der Waals surface area (Å²) < 4.78 is 10.6. The van der Waals surface area contributed by atoms with E-state index in [4.69, 9.17) is 9.26 Å². The minimum Gasteiger partial charge on any atom is -0.497 e. The maximum atomic E-state index is 5.30. The quantitative estimate of drug-likeness (QED) is 0.928. The molecular formula is C16H20N2O2. The molecule has 20 heavy (non-hydrogen) atoms. The Labute approximate surface area is 119 Å². The van der Waals surface area contributed by atoms with Crippen LogP contribution in [0.4, 0.5) is 0 Å². The largest absolute Gasteiger partial charge is 0.497 e. The van der Waals surface area contributed by atoms with Gasteiger partial charge in [-0.05, 0) is 49.4 Å². The summed E-state index contributed by atoms with van der Waals surface area (Å²) in [5.74, 6) is 1.83. The Morgan fingerprint density at radius 1 is 1.40 bits per heavy atom. The van der Waals surface area contributed by atoms with Crippen molar-refractivity contribution < 1.29 is 9.26 Å². The topological polar surface area (TPSA) is 47.3 Å². The third-order valence-electron chi connectivity index (χ3n) is 3.86. The summed E-state index contributed by atoms with van der Waals surface area (Å²) in [7, 11) is 1.71. The number of nitrogens with zero attached hydrogens (tertiary/aromatic N) is 1. The van der Waals surface area contributed by atoms with Gasteiger partial charge in [0.15, 0.2) is 5.76 Å². The first-order chi connectivity index (χ1) is 9.76. The summed E-state index contributed by atoms with van der Waals surface area (Å²) in [6.45, 7) is 2.66. The van der Waals surface area contributed by atoms with Crippen molar-refractivity contribution in [2.24, 2.45) is 0 Å². The Morgan fingerprint density at radius 2 is 2.30 bits per heavy atom. The number of fused-ring (bicyclic) bond motifs is 1. The summed E-state index contributed by atoms with van der Waals surface area (Å²) in [6, 6.07) is 8.73. The number of aryl methyl sites for hydroxylation is 2. The molecule has 0 amide bonds. The van der Waals surface area contributed by atoms with Gasteiger partial charge in [-0.25, -0.2) is 0 Å². The highest BCUT2D eigenvalue weighted by atomic mass is 16.5. The molecule has 2 aromatic rings. The smallest absolute Gasteiger partial charge is 0.150 e. The average Bonchev–Trinajstić information content (AvgIpc) is 2.90. The van der Waals surface area contributed by atoms with Crippen LogP contribution in [0, 0.1) is 6.92 Å². The van der Waals surface area contributed by atoms with Gasteiger partial charge in [0.2, 0.25) is 0 Å². The Balaban J connectivity index is 1.73. The van der Waals surface area contributed by atoms with E-state index in [1.807, 2.05) is 19.1 Å². The van der Waals surface area contributed by atoms with Crippen molar-refractivity contribution in [1.29, 1.82) is 0 Å². The van der Waals surface area contributed by atoms with E-state index in [0.717, 1.165) is 36.6 Å². The fraction of sp³-hybridized carbons (Fsp3) is 0.438. The van der Waals surface area contributed by atoms with Gasteiger partial charge in [-0.2, -0.15) is 0 Å². The van der Waals surface area contributed by atoms with Crippen LogP contribution in [0.25, 0.3) is 0 Å². The lowest BCUT2D eigenvalue weighted by molar-refractivity contribution is 0.352. The summed E-state index contributed by atoms with van der Waals surface area (Å²) in [5, 5.41) is 7.49. The van der Waals surface area contributed by atoms with Gasteiger partial charge >= 0.3 is 0 Å². The third-order valence-corrected chi connectivity index (χ3v) is 3.86. The molecule has 4 heteroatoms. The van der Waals surface area contributed by atoms with Crippen molar-refractivity contribution in [2.75, 3.05) is 7.11 Å². The van der Waals surface area contributed by atoms with Gasteiger partial charge in [0, 0.05) is 12.1 Å². The number of benzene rings is 1. The SMILES string of the molecule is COc1ccc2c(c1)CCCC2NCc1cc(C)no1. The van der Waals surface area contributed by atoms with Gasteiger partial charge in [-0.15, -0.1) is 0 Å². The Morgan fingerprint density at radius 3 is 3.05 bits per heavy atom. The van der Waals surface area contributed by atoms with E-state index in [0.29, 0.717) is 6.04 Å². The molecule has 1 aliphatic rings. The molecule has 1 aromatic carbocycles. The lowest BCUT2D eigenvalue weighted by Crippen LogP contribution is -2.24. The number of ether oxygens (including phenoxy) is 1. The molecule has 0 aliphatic heterocycles. The molecule has 1 N–H and O–H groups in total. The van der Waals surface area contributed by atoms with Crippen LogP contribution in [0.3, 0.4) is 0 Å². The minimum absolute atomic E-state index is 0.384. The molecule has 1 aromatic heterocycles. The van der Waals surface area contributed by atoms with Crippen LogP contribution in [0.1, 0.15) is 41.5 Å². The Hall–Kier alpha value is -1.81. The van der Waals surface area contributed by atoms with Crippen LogP contribution >= 0.6 is 0 Å². The molecule has 4 nitrogen and oxygen atoms in total. The highest BCUT2D eigenvalue weighted by Crippen LogP contribution is 2.32. The van der Waals surface area contributed by atoms with Gasteiger partial charge in [0.25, 0.3) is 0 Å². The summed E-state index contributed by atoms with van der Waals surface area (Å²) in [4.78, 5) is 0. The second-order valence-corrected chi connectivity index (χ2v) is 5.33. The first-order valence-electron chi connectivity index (χ1n) is 7.08. The normalized spacial score (nSPS) is 17.8. The van der Waals surface area contributed by atoms with Crippen molar-refractivity contribution in [3.63, 3.8) is 0 Å². The minimum atomic E-state index is 0.384. The molecular weight excluding hydrogens is 252 g/mol. The summed E-state index contributed by atoms with van der Waals surface area (Å²) >= 11 is 0. The molecule has 1 atom stereocenters. The molecule has 1 unspecified atom stereocenters.